The first kappa shape index (κ1) is 19.9. The van der Waals surface area contributed by atoms with Crippen LogP contribution in [-0.4, -0.2) is 60.6 Å². The van der Waals surface area contributed by atoms with Crippen LogP contribution in [0.25, 0.3) is 0 Å². The summed E-state index contributed by atoms with van der Waals surface area (Å²) in [6.45, 7) is 5.98. The number of nitrogens with one attached hydrogen (secondary N) is 1. The second-order valence-electron chi connectivity index (χ2n) is 6.90. The van der Waals surface area contributed by atoms with E-state index in [9.17, 15) is 4.79 Å². The normalized spacial score (nSPS) is 14.1. The van der Waals surface area contributed by atoms with Gasteiger partial charge in [0, 0.05) is 44.5 Å². The molecule has 1 aliphatic rings. The zero-order chi connectivity index (χ0) is 19.8. The molecule has 28 heavy (non-hydrogen) atoms. The van der Waals surface area contributed by atoms with Gasteiger partial charge < -0.3 is 19.9 Å². The summed E-state index contributed by atoms with van der Waals surface area (Å²) in [6.07, 6.45) is 4.92. The van der Waals surface area contributed by atoms with E-state index >= 15 is 0 Å². The maximum absolute atomic E-state index is 12.8. The van der Waals surface area contributed by atoms with E-state index in [1.165, 1.54) is 19.2 Å². The second-order valence-corrected chi connectivity index (χ2v) is 6.90. The molecule has 0 atom stereocenters. The zero-order valence-corrected chi connectivity index (χ0v) is 16.7. The van der Waals surface area contributed by atoms with Crippen LogP contribution in [0.15, 0.2) is 36.7 Å². The maximum atomic E-state index is 12.8. The van der Waals surface area contributed by atoms with Crippen molar-refractivity contribution < 1.29 is 9.53 Å². The molecule has 2 aromatic rings. The number of carbonyl (C=O) groups excluding carboxylic acids is 1. The van der Waals surface area contributed by atoms with E-state index in [4.69, 9.17) is 4.74 Å². The number of methoxy groups -OCH3 is 1. The number of carbonyl (C=O) groups is 1. The Morgan fingerprint density at radius 1 is 1.11 bits per heavy atom. The molecule has 1 aromatic carbocycles. The van der Waals surface area contributed by atoms with Gasteiger partial charge in [0.25, 0.3) is 5.91 Å². The smallest absolute Gasteiger partial charge is 0.272 e. The molecule has 1 amide bonds. The van der Waals surface area contributed by atoms with Gasteiger partial charge in [0.1, 0.15) is 23.6 Å². The number of nitrogens with zero attached hydrogens (tertiary/aromatic N) is 4. The number of amides is 1. The number of hydrogen-bond donors (Lipinski definition) is 1. The molecule has 1 aliphatic heterocycles. The Hall–Kier alpha value is -2.83. The summed E-state index contributed by atoms with van der Waals surface area (Å²) in [5.74, 6) is 1.53. The van der Waals surface area contributed by atoms with E-state index in [1.807, 2.05) is 17.0 Å². The number of benzene rings is 1. The van der Waals surface area contributed by atoms with Gasteiger partial charge in [-0.15, -0.1) is 0 Å². The fraction of sp³-hybridized carbons (Fsp3) is 0.476. The van der Waals surface area contributed by atoms with E-state index in [0.29, 0.717) is 24.6 Å². The van der Waals surface area contributed by atoms with Crippen molar-refractivity contribution in [1.82, 2.24) is 14.9 Å². The van der Waals surface area contributed by atoms with Crippen molar-refractivity contribution >= 4 is 17.4 Å². The number of rotatable bonds is 8. The van der Waals surface area contributed by atoms with Gasteiger partial charge in [0.05, 0.1) is 7.11 Å². The lowest BCUT2D eigenvalue weighted by molar-refractivity contribution is 0.0740. The van der Waals surface area contributed by atoms with Crippen LogP contribution >= 0.6 is 0 Å². The molecule has 1 N–H and O–H groups in total. The van der Waals surface area contributed by atoms with Gasteiger partial charge in [-0.05, 0) is 30.7 Å². The van der Waals surface area contributed by atoms with Crippen LogP contribution < -0.4 is 15.0 Å². The molecular formula is C21H29N5O2. The average molecular weight is 383 g/mol. The minimum Gasteiger partial charge on any atom is -0.497 e. The van der Waals surface area contributed by atoms with Crippen molar-refractivity contribution in [3.8, 4) is 5.75 Å². The van der Waals surface area contributed by atoms with E-state index < -0.39 is 0 Å². The Labute approximate surface area is 166 Å². The molecule has 0 radical (unpaired) electrons. The van der Waals surface area contributed by atoms with Crippen LogP contribution in [0, 0.1) is 0 Å². The van der Waals surface area contributed by atoms with Crippen LogP contribution in [0.3, 0.4) is 0 Å². The molecule has 1 fully saturated rings. The summed E-state index contributed by atoms with van der Waals surface area (Å²) in [6, 6.07) is 9.78. The minimum absolute atomic E-state index is 0.0339. The van der Waals surface area contributed by atoms with Crippen molar-refractivity contribution in [2.75, 3.05) is 50.1 Å². The van der Waals surface area contributed by atoms with Crippen LogP contribution in [-0.2, 0) is 0 Å². The lowest BCUT2D eigenvalue weighted by Crippen LogP contribution is -2.49. The maximum Gasteiger partial charge on any atom is 0.272 e. The zero-order valence-electron chi connectivity index (χ0n) is 16.7. The molecule has 7 nitrogen and oxygen atoms in total. The molecule has 0 aliphatic carbocycles. The molecule has 150 valence electrons. The fourth-order valence-electron chi connectivity index (χ4n) is 3.29. The largest absolute Gasteiger partial charge is 0.497 e. The van der Waals surface area contributed by atoms with Crippen LogP contribution in [0.4, 0.5) is 11.5 Å². The summed E-state index contributed by atoms with van der Waals surface area (Å²) in [5, 5.41) is 3.28. The third-order valence-corrected chi connectivity index (χ3v) is 4.98. The Morgan fingerprint density at radius 2 is 1.86 bits per heavy atom. The third-order valence-electron chi connectivity index (χ3n) is 4.98. The predicted octanol–water partition coefficient (Wildman–Crippen LogP) is 3.05. The minimum atomic E-state index is -0.0339. The number of anilines is 2. The van der Waals surface area contributed by atoms with Gasteiger partial charge in [0.2, 0.25) is 0 Å². The topological polar surface area (TPSA) is 70.6 Å². The quantitative estimate of drug-likeness (QED) is 0.707. The molecule has 2 heterocycles. The Morgan fingerprint density at radius 3 is 2.54 bits per heavy atom. The predicted molar refractivity (Wildman–Crippen MR) is 111 cm³/mol. The van der Waals surface area contributed by atoms with Crippen LogP contribution in [0.2, 0.25) is 0 Å². The molecule has 0 bridgehead atoms. The number of piperazine rings is 1. The summed E-state index contributed by atoms with van der Waals surface area (Å²) in [4.78, 5) is 25.4. The van der Waals surface area contributed by atoms with Crippen molar-refractivity contribution in [1.29, 1.82) is 0 Å². The number of hydrogen-bond acceptors (Lipinski definition) is 6. The van der Waals surface area contributed by atoms with E-state index in [1.54, 1.807) is 13.2 Å². The molecule has 0 saturated carbocycles. The Kier molecular flexibility index (Phi) is 7.06. The first-order valence-corrected chi connectivity index (χ1v) is 9.95. The standard InChI is InChI=1S/C21H29N5O2/c1-3-4-5-10-22-20-15-19(23-16-24-20)21(27)26-13-11-25(12-14-26)17-6-8-18(28-2)9-7-17/h6-9,15-16H,3-5,10-14H2,1-2H3,(H,22,23,24). The fourth-order valence-corrected chi connectivity index (χ4v) is 3.29. The van der Waals surface area contributed by atoms with Gasteiger partial charge >= 0.3 is 0 Å². The van der Waals surface area contributed by atoms with Crippen molar-refractivity contribution in [3.63, 3.8) is 0 Å². The Balaban J connectivity index is 1.54. The van der Waals surface area contributed by atoms with Crippen molar-refractivity contribution in [3.05, 3.63) is 42.4 Å². The van der Waals surface area contributed by atoms with E-state index in [2.05, 4.69) is 39.2 Å². The highest BCUT2D eigenvalue weighted by Crippen LogP contribution is 2.21. The molecule has 0 unspecified atom stereocenters. The number of unbranched alkanes of at least 4 members (excludes halogenated alkanes) is 2. The highest BCUT2D eigenvalue weighted by Gasteiger charge is 2.23. The monoisotopic (exact) mass is 383 g/mol. The van der Waals surface area contributed by atoms with Crippen LogP contribution in [0.1, 0.15) is 36.7 Å². The molecule has 7 heteroatoms. The van der Waals surface area contributed by atoms with Gasteiger partial charge in [-0.2, -0.15) is 0 Å². The highest BCUT2D eigenvalue weighted by molar-refractivity contribution is 5.93. The van der Waals surface area contributed by atoms with E-state index in [-0.39, 0.29) is 5.91 Å². The second kappa shape index (κ2) is 9.92. The molecule has 1 saturated heterocycles. The van der Waals surface area contributed by atoms with Crippen LogP contribution in [0.5, 0.6) is 5.75 Å². The molecule has 1 aromatic heterocycles. The Bertz CT molecular complexity index is 758. The van der Waals surface area contributed by atoms with Gasteiger partial charge in [-0.25, -0.2) is 9.97 Å². The first-order valence-electron chi connectivity index (χ1n) is 9.95. The first-order chi connectivity index (χ1) is 13.7. The summed E-state index contributed by atoms with van der Waals surface area (Å²) in [7, 11) is 1.67. The van der Waals surface area contributed by atoms with Crippen molar-refractivity contribution in [2.45, 2.75) is 26.2 Å². The SMILES string of the molecule is CCCCCNc1cc(C(=O)N2CCN(c3ccc(OC)cc3)CC2)ncn1. The highest BCUT2D eigenvalue weighted by atomic mass is 16.5. The third kappa shape index (κ3) is 5.12. The lowest BCUT2D eigenvalue weighted by atomic mass is 10.2. The van der Waals surface area contributed by atoms with Gasteiger partial charge in [-0.1, -0.05) is 19.8 Å². The molecule has 3 rings (SSSR count). The van der Waals surface area contributed by atoms with Gasteiger partial charge in [0.15, 0.2) is 0 Å². The average Bonchev–Trinajstić information content (AvgIpc) is 2.77. The summed E-state index contributed by atoms with van der Waals surface area (Å²) < 4.78 is 5.21. The summed E-state index contributed by atoms with van der Waals surface area (Å²) >= 11 is 0. The number of ether oxygens (including phenoxy) is 1. The van der Waals surface area contributed by atoms with Crippen molar-refractivity contribution in [2.24, 2.45) is 0 Å². The summed E-state index contributed by atoms with van der Waals surface area (Å²) in [5.41, 5.74) is 1.60. The molecule has 0 spiro atoms. The lowest BCUT2D eigenvalue weighted by Gasteiger charge is -2.36. The number of aromatic nitrogens is 2. The molecular weight excluding hydrogens is 354 g/mol. The van der Waals surface area contributed by atoms with Gasteiger partial charge in [-0.3, -0.25) is 4.79 Å². The van der Waals surface area contributed by atoms with E-state index in [0.717, 1.165) is 37.5 Å².